The number of carbonyl (C=O) groups is 1. The predicted molar refractivity (Wildman–Crippen MR) is 96.1 cm³/mol. The van der Waals surface area contributed by atoms with Crippen molar-refractivity contribution in [2.75, 3.05) is 6.54 Å². The highest BCUT2D eigenvalue weighted by Gasteiger charge is 2.29. The third kappa shape index (κ3) is 4.82. The molecule has 0 unspecified atom stereocenters. The Morgan fingerprint density at radius 1 is 1.08 bits per heavy atom. The summed E-state index contributed by atoms with van der Waals surface area (Å²) in [7, 11) is 0. The molecule has 0 aliphatic rings. The van der Waals surface area contributed by atoms with Gasteiger partial charge >= 0.3 is 6.18 Å². The third-order valence-corrected chi connectivity index (χ3v) is 4.97. The van der Waals surface area contributed by atoms with Crippen molar-refractivity contribution in [3.8, 4) is 0 Å². The van der Waals surface area contributed by atoms with Gasteiger partial charge in [-0.2, -0.15) is 13.2 Å². The summed E-state index contributed by atoms with van der Waals surface area (Å²) in [6, 6.07) is 12.6. The van der Waals surface area contributed by atoms with E-state index in [2.05, 4.69) is 10.3 Å². The van der Waals surface area contributed by atoms with E-state index in [9.17, 15) is 18.0 Å². The van der Waals surface area contributed by atoms with Gasteiger partial charge in [0.2, 0.25) is 5.91 Å². The van der Waals surface area contributed by atoms with E-state index in [0.717, 1.165) is 40.2 Å². The Morgan fingerprint density at radius 2 is 1.81 bits per heavy atom. The lowest BCUT2D eigenvalue weighted by Gasteiger charge is -2.08. The van der Waals surface area contributed by atoms with Crippen LogP contribution in [0.5, 0.6) is 0 Å². The fraction of sp³-hybridized carbons (Fsp3) is 0.263. The van der Waals surface area contributed by atoms with Crippen LogP contribution in [0.1, 0.15) is 22.6 Å². The second-order valence-electron chi connectivity index (χ2n) is 5.90. The Bertz CT molecular complexity index is 855. The van der Waals surface area contributed by atoms with Crippen LogP contribution in [0.2, 0.25) is 0 Å². The van der Waals surface area contributed by atoms with Gasteiger partial charge in [0.25, 0.3) is 0 Å². The van der Waals surface area contributed by atoms with Crippen LogP contribution in [-0.2, 0) is 23.8 Å². The minimum absolute atomic E-state index is 0.0687. The number of nitrogens with one attached hydrogen (secondary N) is 1. The van der Waals surface area contributed by atoms with E-state index in [4.69, 9.17) is 0 Å². The molecule has 136 valence electrons. The number of aryl methyl sites for hydroxylation is 1. The van der Waals surface area contributed by atoms with E-state index in [0.29, 0.717) is 12.1 Å². The van der Waals surface area contributed by atoms with Crippen molar-refractivity contribution in [3.63, 3.8) is 0 Å². The largest absolute Gasteiger partial charge is 0.416 e. The van der Waals surface area contributed by atoms with E-state index in [1.54, 1.807) is 11.3 Å². The average molecular weight is 378 g/mol. The fourth-order valence-corrected chi connectivity index (χ4v) is 3.56. The molecule has 3 rings (SSSR count). The van der Waals surface area contributed by atoms with Crippen LogP contribution in [0.3, 0.4) is 0 Å². The van der Waals surface area contributed by atoms with Gasteiger partial charge in [-0.05, 0) is 36.2 Å². The van der Waals surface area contributed by atoms with Gasteiger partial charge in [-0.3, -0.25) is 4.79 Å². The minimum Gasteiger partial charge on any atom is -0.356 e. The first-order chi connectivity index (χ1) is 12.4. The van der Waals surface area contributed by atoms with Gasteiger partial charge in [-0.25, -0.2) is 4.98 Å². The Hall–Kier alpha value is -2.41. The van der Waals surface area contributed by atoms with Crippen LogP contribution in [0, 0.1) is 0 Å². The summed E-state index contributed by atoms with van der Waals surface area (Å²) in [4.78, 5) is 16.4. The number of carbonyl (C=O) groups excluding carboxylic acids is 1. The first-order valence-electron chi connectivity index (χ1n) is 8.19. The zero-order valence-corrected chi connectivity index (χ0v) is 14.7. The lowest BCUT2D eigenvalue weighted by molar-refractivity contribution is -0.137. The molecular weight excluding hydrogens is 361 g/mol. The van der Waals surface area contributed by atoms with Crippen molar-refractivity contribution in [2.24, 2.45) is 0 Å². The molecule has 0 saturated heterocycles. The number of aromatic nitrogens is 1. The molecule has 0 atom stereocenters. The van der Waals surface area contributed by atoms with Gasteiger partial charge in [-0.1, -0.05) is 24.3 Å². The molecule has 3 nitrogen and oxygen atoms in total. The van der Waals surface area contributed by atoms with Crippen LogP contribution in [0.25, 0.3) is 10.2 Å². The standard InChI is InChI=1S/C19H17F3N2OS/c20-19(21,22)14-9-7-13(8-10-14)12-17(25)23-11-3-6-18-24-15-4-1-2-5-16(15)26-18/h1-2,4-5,7-10H,3,6,11-12H2,(H,23,25). The number of rotatable bonds is 6. The summed E-state index contributed by atoms with van der Waals surface area (Å²) in [6.45, 7) is 0.509. The molecule has 7 heteroatoms. The van der Waals surface area contributed by atoms with Crippen molar-refractivity contribution >= 4 is 27.5 Å². The molecule has 1 heterocycles. The monoisotopic (exact) mass is 378 g/mol. The van der Waals surface area contributed by atoms with Gasteiger partial charge in [-0.15, -0.1) is 11.3 Å². The molecule has 0 aliphatic heterocycles. The van der Waals surface area contributed by atoms with Gasteiger partial charge in [0, 0.05) is 13.0 Å². The first-order valence-corrected chi connectivity index (χ1v) is 9.01. The quantitative estimate of drug-likeness (QED) is 0.637. The molecule has 0 aliphatic carbocycles. The summed E-state index contributed by atoms with van der Waals surface area (Å²) in [5.74, 6) is -0.200. The van der Waals surface area contributed by atoms with Crippen molar-refractivity contribution < 1.29 is 18.0 Å². The molecule has 0 spiro atoms. The molecule has 0 bridgehead atoms. The summed E-state index contributed by atoms with van der Waals surface area (Å²) < 4.78 is 38.7. The molecule has 0 radical (unpaired) electrons. The average Bonchev–Trinajstić information content (AvgIpc) is 3.01. The van der Waals surface area contributed by atoms with Crippen LogP contribution in [0.4, 0.5) is 13.2 Å². The Labute approximate surface area is 152 Å². The predicted octanol–water partition coefficient (Wildman–Crippen LogP) is 4.61. The van der Waals surface area contributed by atoms with Crippen LogP contribution in [-0.4, -0.2) is 17.4 Å². The number of hydrogen-bond donors (Lipinski definition) is 1. The number of nitrogens with zero attached hydrogens (tertiary/aromatic N) is 1. The maximum atomic E-state index is 12.5. The summed E-state index contributed by atoms with van der Waals surface area (Å²) in [6.07, 6.45) is -2.75. The molecule has 2 aromatic carbocycles. The fourth-order valence-electron chi connectivity index (χ4n) is 2.55. The van der Waals surface area contributed by atoms with Gasteiger partial charge in [0.05, 0.1) is 27.2 Å². The highest BCUT2D eigenvalue weighted by molar-refractivity contribution is 7.18. The highest BCUT2D eigenvalue weighted by atomic mass is 32.1. The number of amides is 1. The molecule has 1 amide bonds. The Morgan fingerprint density at radius 3 is 2.50 bits per heavy atom. The zero-order valence-electron chi connectivity index (χ0n) is 13.8. The SMILES string of the molecule is O=C(Cc1ccc(C(F)(F)F)cc1)NCCCc1nc2ccccc2s1. The van der Waals surface area contributed by atoms with Crippen molar-refractivity contribution in [1.82, 2.24) is 10.3 Å². The Balaban J connectivity index is 1.42. The van der Waals surface area contributed by atoms with Gasteiger partial charge in [0.15, 0.2) is 0 Å². The third-order valence-electron chi connectivity index (χ3n) is 3.87. The van der Waals surface area contributed by atoms with Crippen molar-refractivity contribution in [1.29, 1.82) is 0 Å². The maximum absolute atomic E-state index is 12.5. The topological polar surface area (TPSA) is 42.0 Å². The van der Waals surface area contributed by atoms with Crippen molar-refractivity contribution in [3.05, 3.63) is 64.7 Å². The van der Waals surface area contributed by atoms with Gasteiger partial charge < -0.3 is 5.32 Å². The number of alkyl halides is 3. The van der Waals surface area contributed by atoms with Gasteiger partial charge in [0.1, 0.15) is 0 Å². The van der Waals surface area contributed by atoms with E-state index in [1.807, 2.05) is 24.3 Å². The number of hydrogen-bond acceptors (Lipinski definition) is 3. The number of halogens is 3. The van der Waals surface area contributed by atoms with Crippen molar-refractivity contribution in [2.45, 2.75) is 25.4 Å². The molecule has 26 heavy (non-hydrogen) atoms. The van der Waals surface area contributed by atoms with Crippen LogP contribution >= 0.6 is 11.3 Å². The molecule has 1 N–H and O–H groups in total. The summed E-state index contributed by atoms with van der Waals surface area (Å²) in [5.41, 5.74) is 0.831. The lowest BCUT2D eigenvalue weighted by Crippen LogP contribution is -2.26. The number of thiazole rings is 1. The molecule has 0 saturated carbocycles. The Kier molecular flexibility index (Phi) is 5.56. The second kappa shape index (κ2) is 7.86. The number of para-hydroxylation sites is 1. The smallest absolute Gasteiger partial charge is 0.356 e. The highest BCUT2D eigenvalue weighted by Crippen LogP contribution is 2.29. The first kappa shape index (κ1) is 18.4. The molecule has 0 fully saturated rings. The molecule has 3 aromatic rings. The van der Waals surface area contributed by atoms with Crippen LogP contribution in [0.15, 0.2) is 48.5 Å². The zero-order chi connectivity index (χ0) is 18.6. The van der Waals surface area contributed by atoms with E-state index in [1.165, 1.54) is 12.1 Å². The lowest BCUT2D eigenvalue weighted by atomic mass is 10.1. The normalized spacial score (nSPS) is 11.7. The summed E-state index contributed by atoms with van der Waals surface area (Å²) >= 11 is 1.65. The number of fused-ring (bicyclic) bond motifs is 1. The van der Waals surface area contributed by atoms with E-state index < -0.39 is 11.7 Å². The summed E-state index contributed by atoms with van der Waals surface area (Å²) in [5, 5.41) is 3.83. The minimum atomic E-state index is -4.36. The number of benzene rings is 2. The maximum Gasteiger partial charge on any atom is 0.416 e. The van der Waals surface area contributed by atoms with E-state index >= 15 is 0 Å². The molecule has 1 aromatic heterocycles. The van der Waals surface area contributed by atoms with Crippen LogP contribution < -0.4 is 5.32 Å². The second-order valence-corrected chi connectivity index (χ2v) is 7.02. The van der Waals surface area contributed by atoms with E-state index in [-0.39, 0.29) is 12.3 Å². The molecular formula is C19H17F3N2OS.